The highest BCUT2D eigenvalue weighted by molar-refractivity contribution is 7.92. The maximum atomic E-state index is 13.5. The van der Waals surface area contributed by atoms with Crippen LogP contribution in [0.15, 0.2) is 75.3 Å². The maximum Gasteiger partial charge on any atom is 0.264 e. The smallest absolute Gasteiger partial charge is 0.264 e. The van der Waals surface area contributed by atoms with E-state index in [1.54, 1.807) is 42.5 Å². The third kappa shape index (κ3) is 5.32. The molecule has 0 radical (unpaired) electrons. The standard InChI is InChI=1S/C22H23N3O5S/c1-16-6-9-19(10-7-16)31(27,28)25(20-13-17(2)8-11-21(20)29-3)15-22(26)24-23-14-18-5-4-12-30-18/h4-14H,15H2,1-3H3,(H,24,26)/b23-14-. The molecule has 0 saturated heterocycles. The molecule has 0 aliphatic rings. The highest BCUT2D eigenvalue weighted by Gasteiger charge is 2.29. The number of ether oxygens (including phenoxy) is 1. The Morgan fingerprint density at radius 3 is 2.48 bits per heavy atom. The van der Waals surface area contributed by atoms with Crippen molar-refractivity contribution in [2.24, 2.45) is 5.10 Å². The summed E-state index contributed by atoms with van der Waals surface area (Å²) in [5, 5.41) is 3.82. The van der Waals surface area contributed by atoms with Crippen molar-refractivity contribution in [1.29, 1.82) is 0 Å². The molecule has 1 aromatic heterocycles. The SMILES string of the molecule is COc1ccc(C)cc1N(CC(=O)N/N=C\c1ccco1)S(=O)(=O)c1ccc(C)cc1. The van der Waals surface area contributed by atoms with Crippen LogP contribution in [0.5, 0.6) is 5.75 Å². The number of benzene rings is 2. The van der Waals surface area contributed by atoms with E-state index in [-0.39, 0.29) is 10.6 Å². The molecule has 1 amide bonds. The number of nitrogens with zero attached hydrogens (tertiary/aromatic N) is 2. The van der Waals surface area contributed by atoms with E-state index in [2.05, 4.69) is 10.5 Å². The first kappa shape index (κ1) is 22.1. The van der Waals surface area contributed by atoms with Crippen LogP contribution >= 0.6 is 0 Å². The largest absolute Gasteiger partial charge is 0.495 e. The molecule has 31 heavy (non-hydrogen) atoms. The van der Waals surface area contributed by atoms with E-state index in [4.69, 9.17) is 9.15 Å². The molecule has 1 heterocycles. The molecule has 1 N–H and O–H groups in total. The Labute approximate surface area is 181 Å². The van der Waals surface area contributed by atoms with Crippen molar-refractivity contribution < 1.29 is 22.4 Å². The molecule has 0 atom stereocenters. The lowest BCUT2D eigenvalue weighted by Crippen LogP contribution is -2.39. The van der Waals surface area contributed by atoms with Gasteiger partial charge in [0, 0.05) is 0 Å². The second-order valence-corrected chi connectivity index (χ2v) is 8.67. The average Bonchev–Trinajstić information content (AvgIpc) is 3.26. The van der Waals surface area contributed by atoms with Crippen LogP contribution < -0.4 is 14.5 Å². The van der Waals surface area contributed by atoms with Gasteiger partial charge in [-0.1, -0.05) is 23.8 Å². The minimum Gasteiger partial charge on any atom is -0.495 e. The number of nitrogens with one attached hydrogen (secondary N) is 1. The molecular formula is C22H23N3O5S. The van der Waals surface area contributed by atoms with E-state index in [9.17, 15) is 13.2 Å². The van der Waals surface area contributed by atoms with Gasteiger partial charge in [0.15, 0.2) is 0 Å². The van der Waals surface area contributed by atoms with Crippen LogP contribution in [0, 0.1) is 13.8 Å². The molecule has 0 bridgehead atoms. The number of sulfonamides is 1. The number of hydrazone groups is 1. The fourth-order valence-electron chi connectivity index (χ4n) is 2.83. The van der Waals surface area contributed by atoms with E-state index in [1.807, 2.05) is 13.8 Å². The van der Waals surface area contributed by atoms with Crippen LogP contribution in [0.2, 0.25) is 0 Å². The zero-order chi connectivity index (χ0) is 22.4. The van der Waals surface area contributed by atoms with E-state index in [1.165, 1.54) is 31.7 Å². The van der Waals surface area contributed by atoms with Crippen molar-refractivity contribution in [3.63, 3.8) is 0 Å². The second-order valence-electron chi connectivity index (χ2n) is 6.81. The van der Waals surface area contributed by atoms with Crippen LogP contribution in [0.25, 0.3) is 0 Å². The Morgan fingerprint density at radius 1 is 1.13 bits per heavy atom. The van der Waals surface area contributed by atoms with Gasteiger partial charge in [-0.05, 0) is 55.8 Å². The lowest BCUT2D eigenvalue weighted by molar-refractivity contribution is -0.119. The van der Waals surface area contributed by atoms with Crippen molar-refractivity contribution in [1.82, 2.24) is 5.43 Å². The van der Waals surface area contributed by atoms with Gasteiger partial charge in [-0.3, -0.25) is 9.10 Å². The van der Waals surface area contributed by atoms with E-state index in [0.717, 1.165) is 15.4 Å². The zero-order valence-corrected chi connectivity index (χ0v) is 18.2. The molecule has 162 valence electrons. The van der Waals surface area contributed by atoms with Crippen molar-refractivity contribution in [2.75, 3.05) is 18.0 Å². The number of hydrogen-bond acceptors (Lipinski definition) is 6. The first-order chi connectivity index (χ1) is 14.8. The van der Waals surface area contributed by atoms with Crippen molar-refractivity contribution in [3.05, 3.63) is 77.7 Å². The lowest BCUT2D eigenvalue weighted by Gasteiger charge is -2.25. The van der Waals surface area contributed by atoms with Crippen LogP contribution in [0.3, 0.4) is 0 Å². The van der Waals surface area contributed by atoms with Crippen LogP contribution in [0.4, 0.5) is 5.69 Å². The number of aryl methyl sites for hydroxylation is 2. The molecule has 0 saturated carbocycles. The van der Waals surface area contributed by atoms with Gasteiger partial charge >= 0.3 is 0 Å². The fourth-order valence-corrected chi connectivity index (χ4v) is 4.25. The first-order valence-electron chi connectivity index (χ1n) is 9.40. The van der Waals surface area contributed by atoms with Gasteiger partial charge in [-0.2, -0.15) is 5.10 Å². The number of furan rings is 1. The highest BCUT2D eigenvalue weighted by Crippen LogP contribution is 2.33. The van der Waals surface area contributed by atoms with Crippen molar-refractivity contribution >= 4 is 27.8 Å². The van der Waals surface area contributed by atoms with Gasteiger partial charge < -0.3 is 9.15 Å². The van der Waals surface area contributed by atoms with Crippen molar-refractivity contribution in [2.45, 2.75) is 18.7 Å². The summed E-state index contributed by atoms with van der Waals surface area (Å²) in [5.74, 6) is 0.153. The summed E-state index contributed by atoms with van der Waals surface area (Å²) in [5.41, 5.74) is 4.32. The number of rotatable bonds is 8. The van der Waals surface area contributed by atoms with Crippen LogP contribution in [-0.2, 0) is 14.8 Å². The fraction of sp³-hybridized carbons (Fsp3) is 0.182. The monoisotopic (exact) mass is 441 g/mol. The maximum absolute atomic E-state index is 13.5. The van der Waals surface area contributed by atoms with Gasteiger partial charge in [-0.15, -0.1) is 0 Å². The van der Waals surface area contributed by atoms with Gasteiger partial charge in [-0.25, -0.2) is 13.8 Å². The summed E-state index contributed by atoms with van der Waals surface area (Å²) >= 11 is 0. The molecule has 0 aliphatic carbocycles. The molecule has 0 fully saturated rings. The number of carbonyl (C=O) groups is 1. The van der Waals surface area contributed by atoms with Crippen LogP contribution in [0.1, 0.15) is 16.9 Å². The number of hydrogen-bond donors (Lipinski definition) is 1. The molecule has 0 unspecified atom stereocenters. The summed E-state index contributed by atoms with van der Waals surface area (Å²) in [6.45, 7) is 3.20. The van der Waals surface area contributed by atoms with E-state index >= 15 is 0 Å². The Hall–Kier alpha value is -3.59. The predicted molar refractivity (Wildman–Crippen MR) is 118 cm³/mol. The Kier molecular flexibility index (Phi) is 6.76. The number of amides is 1. The quantitative estimate of drug-likeness (QED) is 0.427. The average molecular weight is 442 g/mol. The molecule has 8 nitrogen and oxygen atoms in total. The zero-order valence-electron chi connectivity index (χ0n) is 17.4. The number of carbonyl (C=O) groups excluding carboxylic acids is 1. The third-order valence-corrected chi connectivity index (χ3v) is 6.20. The summed E-state index contributed by atoms with van der Waals surface area (Å²) < 4.78 is 38.4. The summed E-state index contributed by atoms with van der Waals surface area (Å²) in [6.07, 6.45) is 2.80. The topological polar surface area (TPSA) is 101 Å². The summed E-state index contributed by atoms with van der Waals surface area (Å²) in [6, 6.07) is 14.9. The van der Waals surface area contributed by atoms with Crippen LogP contribution in [-0.4, -0.2) is 34.2 Å². The number of methoxy groups -OCH3 is 1. The summed E-state index contributed by atoms with van der Waals surface area (Å²) in [7, 11) is -2.62. The molecule has 2 aromatic carbocycles. The Morgan fingerprint density at radius 2 is 1.84 bits per heavy atom. The number of anilines is 1. The van der Waals surface area contributed by atoms with Gasteiger partial charge in [0.1, 0.15) is 18.1 Å². The van der Waals surface area contributed by atoms with E-state index < -0.39 is 22.5 Å². The highest BCUT2D eigenvalue weighted by atomic mass is 32.2. The molecule has 3 rings (SSSR count). The minimum atomic E-state index is -4.06. The first-order valence-corrected chi connectivity index (χ1v) is 10.8. The lowest BCUT2D eigenvalue weighted by atomic mass is 10.2. The van der Waals surface area contributed by atoms with Crippen molar-refractivity contribution in [3.8, 4) is 5.75 Å². The predicted octanol–water partition coefficient (Wildman–Crippen LogP) is 3.25. The molecule has 9 heteroatoms. The summed E-state index contributed by atoms with van der Waals surface area (Å²) in [4.78, 5) is 12.6. The van der Waals surface area contributed by atoms with Gasteiger partial charge in [0.05, 0.1) is 30.2 Å². The van der Waals surface area contributed by atoms with Gasteiger partial charge in [0.25, 0.3) is 15.9 Å². The molecule has 0 spiro atoms. The Bertz CT molecular complexity index is 1170. The van der Waals surface area contributed by atoms with Gasteiger partial charge in [0.2, 0.25) is 0 Å². The third-order valence-electron chi connectivity index (χ3n) is 4.42. The molecular weight excluding hydrogens is 418 g/mol. The minimum absolute atomic E-state index is 0.0635. The Balaban J connectivity index is 1.95. The molecule has 3 aromatic rings. The second kappa shape index (κ2) is 9.48. The normalized spacial score (nSPS) is 11.5. The molecule has 0 aliphatic heterocycles. The van der Waals surface area contributed by atoms with E-state index in [0.29, 0.717) is 11.5 Å².